The smallest absolute Gasteiger partial charge is 0.272 e. The number of aryl methyl sites for hydroxylation is 2. The van der Waals surface area contributed by atoms with Crippen LogP contribution in [0.25, 0.3) is 6.08 Å². The SMILES string of the molecule is Cc1ccc(N2C(=O)C[C@H](Sc3cccc(NC(=O)/C(=C/c4ccc5c(c4)OCO5)NC(=O)c4ccccc4)c3)C2=O)cc1C. The maximum atomic E-state index is 13.6. The van der Waals surface area contributed by atoms with Gasteiger partial charge in [-0.3, -0.25) is 19.2 Å². The summed E-state index contributed by atoms with van der Waals surface area (Å²) < 4.78 is 10.8. The molecule has 2 N–H and O–H groups in total. The highest BCUT2D eigenvalue weighted by Crippen LogP contribution is 2.36. The van der Waals surface area contributed by atoms with Crippen LogP contribution >= 0.6 is 11.8 Å². The number of fused-ring (bicyclic) bond motifs is 1. The van der Waals surface area contributed by atoms with Crippen molar-refractivity contribution in [3.8, 4) is 11.5 Å². The number of hydrogen-bond acceptors (Lipinski definition) is 7. The van der Waals surface area contributed by atoms with E-state index >= 15 is 0 Å². The fourth-order valence-corrected chi connectivity index (χ4v) is 6.07. The lowest BCUT2D eigenvalue weighted by Gasteiger charge is -2.16. The molecular weight excluding hydrogens is 590 g/mol. The summed E-state index contributed by atoms with van der Waals surface area (Å²) >= 11 is 1.27. The standard InChI is InChI=1S/C35H29N3O6S/c1-21-11-13-26(15-22(21)2)38-32(39)19-31(35(38)42)45-27-10-6-9-25(18-27)36-34(41)28(37-33(40)24-7-4-3-5-8-24)16-23-12-14-29-30(17-23)44-20-43-29/h3-18,31H,19-20H2,1-2H3,(H,36,41)(H,37,40)/b28-16-/t31-/m0/s1. The van der Waals surface area contributed by atoms with E-state index in [1.165, 1.54) is 16.7 Å². The van der Waals surface area contributed by atoms with Crippen molar-refractivity contribution in [1.82, 2.24) is 5.32 Å². The third-order valence-electron chi connectivity index (χ3n) is 7.46. The summed E-state index contributed by atoms with van der Waals surface area (Å²) in [7, 11) is 0. The van der Waals surface area contributed by atoms with Crippen LogP contribution in [0.5, 0.6) is 11.5 Å². The number of imide groups is 1. The number of rotatable bonds is 8. The zero-order chi connectivity index (χ0) is 31.5. The molecule has 9 nitrogen and oxygen atoms in total. The third-order valence-corrected chi connectivity index (χ3v) is 8.64. The first kappa shape index (κ1) is 29.7. The molecule has 1 atom stereocenters. The van der Waals surface area contributed by atoms with Gasteiger partial charge in [0.2, 0.25) is 18.6 Å². The minimum Gasteiger partial charge on any atom is -0.454 e. The Morgan fingerprint density at radius 2 is 1.67 bits per heavy atom. The Balaban J connectivity index is 1.20. The fourth-order valence-electron chi connectivity index (χ4n) is 4.95. The number of ether oxygens (including phenoxy) is 2. The predicted octanol–water partition coefficient (Wildman–Crippen LogP) is 5.87. The molecule has 0 aromatic heterocycles. The molecule has 0 spiro atoms. The first-order valence-corrected chi connectivity index (χ1v) is 15.1. The van der Waals surface area contributed by atoms with E-state index in [9.17, 15) is 19.2 Å². The molecule has 4 aromatic rings. The Morgan fingerprint density at radius 1 is 0.867 bits per heavy atom. The Kier molecular flexibility index (Phi) is 8.39. The van der Waals surface area contributed by atoms with Crippen LogP contribution in [-0.4, -0.2) is 35.7 Å². The van der Waals surface area contributed by atoms with E-state index in [0.29, 0.717) is 38.9 Å². The molecule has 2 aliphatic heterocycles. The summed E-state index contributed by atoms with van der Waals surface area (Å²) in [6.45, 7) is 4.03. The second kappa shape index (κ2) is 12.7. The van der Waals surface area contributed by atoms with Crippen molar-refractivity contribution in [3.63, 3.8) is 0 Å². The molecular formula is C35H29N3O6S. The first-order valence-electron chi connectivity index (χ1n) is 14.2. The van der Waals surface area contributed by atoms with E-state index in [4.69, 9.17) is 9.47 Å². The van der Waals surface area contributed by atoms with E-state index in [-0.39, 0.29) is 30.7 Å². The first-order chi connectivity index (χ1) is 21.7. The van der Waals surface area contributed by atoms with Crippen LogP contribution in [0, 0.1) is 13.8 Å². The van der Waals surface area contributed by atoms with Crippen molar-refractivity contribution in [2.24, 2.45) is 0 Å². The van der Waals surface area contributed by atoms with E-state index in [0.717, 1.165) is 11.1 Å². The van der Waals surface area contributed by atoms with Crippen molar-refractivity contribution >= 4 is 52.8 Å². The van der Waals surface area contributed by atoms with Crippen molar-refractivity contribution in [2.45, 2.75) is 30.4 Å². The van der Waals surface area contributed by atoms with Gasteiger partial charge in [0.05, 0.1) is 10.9 Å². The van der Waals surface area contributed by atoms with Gasteiger partial charge < -0.3 is 20.1 Å². The Bertz CT molecular complexity index is 1860. The number of anilines is 2. The monoisotopic (exact) mass is 619 g/mol. The summed E-state index contributed by atoms with van der Waals surface area (Å²) in [5, 5.41) is 4.98. The van der Waals surface area contributed by atoms with E-state index in [1.807, 2.05) is 32.0 Å². The summed E-state index contributed by atoms with van der Waals surface area (Å²) in [5.74, 6) is -0.385. The number of amides is 4. The highest BCUT2D eigenvalue weighted by molar-refractivity contribution is 8.00. The summed E-state index contributed by atoms with van der Waals surface area (Å²) in [6.07, 6.45) is 1.63. The summed E-state index contributed by atoms with van der Waals surface area (Å²) in [5.41, 5.74) is 4.14. The van der Waals surface area contributed by atoms with Gasteiger partial charge in [0.1, 0.15) is 5.70 Å². The summed E-state index contributed by atoms with van der Waals surface area (Å²) in [6, 6.07) is 26.3. The minimum absolute atomic E-state index is 0.0152. The van der Waals surface area contributed by atoms with Gasteiger partial charge in [-0.2, -0.15) is 0 Å². The van der Waals surface area contributed by atoms with Gasteiger partial charge in [-0.15, -0.1) is 11.8 Å². The molecule has 4 aromatic carbocycles. The molecule has 2 heterocycles. The number of carbonyl (C=O) groups is 4. The second-order valence-electron chi connectivity index (χ2n) is 10.6. The molecule has 2 aliphatic rings. The van der Waals surface area contributed by atoms with Gasteiger partial charge in [-0.05, 0) is 91.2 Å². The lowest BCUT2D eigenvalue weighted by atomic mass is 10.1. The molecule has 4 amide bonds. The van der Waals surface area contributed by atoms with Crippen LogP contribution in [0.4, 0.5) is 11.4 Å². The quantitative estimate of drug-likeness (QED) is 0.187. The van der Waals surface area contributed by atoms with Gasteiger partial charge in [0.25, 0.3) is 11.8 Å². The van der Waals surface area contributed by atoms with Crippen molar-refractivity contribution in [2.75, 3.05) is 17.0 Å². The van der Waals surface area contributed by atoms with Gasteiger partial charge in [0.15, 0.2) is 11.5 Å². The number of nitrogens with one attached hydrogen (secondary N) is 2. The van der Waals surface area contributed by atoms with Crippen molar-refractivity contribution in [3.05, 3.63) is 119 Å². The third kappa shape index (κ3) is 6.61. The lowest BCUT2D eigenvalue weighted by molar-refractivity contribution is -0.121. The summed E-state index contributed by atoms with van der Waals surface area (Å²) in [4.78, 5) is 54.7. The normalized spacial score (nSPS) is 15.7. The topological polar surface area (TPSA) is 114 Å². The molecule has 1 saturated heterocycles. The van der Waals surface area contributed by atoms with E-state index < -0.39 is 17.1 Å². The second-order valence-corrected chi connectivity index (χ2v) is 11.9. The molecule has 6 rings (SSSR count). The molecule has 10 heteroatoms. The van der Waals surface area contributed by atoms with Crippen LogP contribution in [-0.2, 0) is 14.4 Å². The maximum Gasteiger partial charge on any atom is 0.272 e. The zero-order valence-corrected chi connectivity index (χ0v) is 25.4. The highest BCUT2D eigenvalue weighted by atomic mass is 32.2. The molecule has 1 fully saturated rings. The van der Waals surface area contributed by atoms with Crippen molar-refractivity contribution < 1.29 is 28.7 Å². The predicted molar refractivity (Wildman–Crippen MR) is 172 cm³/mol. The average molecular weight is 620 g/mol. The van der Waals surface area contributed by atoms with Crippen LogP contribution in [0.15, 0.2) is 102 Å². The minimum atomic E-state index is -0.600. The number of benzene rings is 4. The van der Waals surface area contributed by atoms with Crippen LogP contribution in [0.2, 0.25) is 0 Å². The van der Waals surface area contributed by atoms with Gasteiger partial charge in [-0.25, -0.2) is 4.90 Å². The average Bonchev–Trinajstić information content (AvgIpc) is 3.61. The van der Waals surface area contributed by atoms with Crippen molar-refractivity contribution in [1.29, 1.82) is 0 Å². The highest BCUT2D eigenvalue weighted by Gasteiger charge is 2.40. The molecule has 0 unspecified atom stereocenters. The molecule has 0 radical (unpaired) electrons. The van der Waals surface area contributed by atoms with Crippen LogP contribution < -0.4 is 25.0 Å². The zero-order valence-electron chi connectivity index (χ0n) is 24.5. The number of carbonyl (C=O) groups excluding carboxylic acids is 4. The Hall–Kier alpha value is -5.35. The lowest BCUT2D eigenvalue weighted by Crippen LogP contribution is -2.31. The van der Waals surface area contributed by atoms with E-state index in [1.54, 1.807) is 78.9 Å². The number of nitrogens with zero attached hydrogens (tertiary/aromatic N) is 1. The van der Waals surface area contributed by atoms with Crippen LogP contribution in [0.3, 0.4) is 0 Å². The largest absolute Gasteiger partial charge is 0.454 e. The number of thioether (sulfide) groups is 1. The fraction of sp³-hybridized carbons (Fsp3) is 0.143. The maximum absolute atomic E-state index is 13.6. The van der Waals surface area contributed by atoms with Gasteiger partial charge >= 0.3 is 0 Å². The number of hydrogen-bond donors (Lipinski definition) is 2. The van der Waals surface area contributed by atoms with Gasteiger partial charge in [0, 0.05) is 22.6 Å². The van der Waals surface area contributed by atoms with E-state index in [2.05, 4.69) is 10.6 Å². The van der Waals surface area contributed by atoms with Gasteiger partial charge in [-0.1, -0.05) is 36.4 Å². The molecule has 0 bridgehead atoms. The van der Waals surface area contributed by atoms with Crippen LogP contribution in [0.1, 0.15) is 33.5 Å². The molecule has 45 heavy (non-hydrogen) atoms. The Labute approximate surface area is 264 Å². The Morgan fingerprint density at radius 3 is 2.47 bits per heavy atom. The molecule has 226 valence electrons. The molecule has 0 aliphatic carbocycles. The molecule has 0 saturated carbocycles.